The topological polar surface area (TPSA) is 89.7 Å². The Morgan fingerprint density at radius 2 is 2.07 bits per heavy atom. The van der Waals surface area contributed by atoms with Crippen LogP contribution in [0, 0.1) is 0 Å². The minimum atomic E-state index is -0.128. The van der Waals surface area contributed by atoms with Crippen LogP contribution < -0.4 is 14.8 Å². The number of nitrogens with one attached hydrogen (secondary N) is 1. The zero-order valence-corrected chi connectivity index (χ0v) is 16.2. The largest absolute Gasteiger partial charge is 0.486 e. The van der Waals surface area contributed by atoms with E-state index in [2.05, 4.69) is 15.5 Å². The first kappa shape index (κ1) is 18.5. The molecule has 0 saturated heterocycles. The van der Waals surface area contributed by atoms with Gasteiger partial charge in [-0.05, 0) is 30.1 Å². The molecule has 9 heteroatoms. The number of hydrogen-bond acceptors (Lipinski definition) is 8. The van der Waals surface area contributed by atoms with E-state index in [0.717, 1.165) is 4.88 Å². The van der Waals surface area contributed by atoms with E-state index in [1.54, 1.807) is 29.5 Å². The lowest BCUT2D eigenvalue weighted by atomic mass is 10.2. The summed E-state index contributed by atoms with van der Waals surface area (Å²) >= 11 is 1.54. The van der Waals surface area contributed by atoms with Gasteiger partial charge in [0.05, 0.1) is 18.0 Å². The van der Waals surface area contributed by atoms with Gasteiger partial charge in [0, 0.05) is 11.8 Å². The molecule has 0 bridgehead atoms. The Bertz CT molecular complexity index is 941. The summed E-state index contributed by atoms with van der Waals surface area (Å²) < 4.78 is 16.7. The second-order valence-corrected chi connectivity index (χ2v) is 7.14. The Labute approximate surface area is 166 Å². The molecule has 1 aliphatic rings. The monoisotopic (exact) mass is 400 g/mol. The lowest BCUT2D eigenvalue weighted by Crippen LogP contribution is -2.32. The van der Waals surface area contributed by atoms with Crippen molar-refractivity contribution in [3.63, 3.8) is 0 Å². The molecule has 1 N–H and O–H groups in total. The highest BCUT2D eigenvalue weighted by molar-refractivity contribution is 7.13. The summed E-state index contributed by atoms with van der Waals surface area (Å²) in [5.41, 5.74) is 0.670. The van der Waals surface area contributed by atoms with E-state index in [0.29, 0.717) is 55.3 Å². The summed E-state index contributed by atoms with van der Waals surface area (Å²) in [6, 6.07) is 9.23. The molecule has 3 aromatic rings. The van der Waals surface area contributed by atoms with Crippen molar-refractivity contribution in [2.45, 2.75) is 13.5 Å². The summed E-state index contributed by atoms with van der Waals surface area (Å²) in [7, 11) is 0. The van der Waals surface area contributed by atoms with Crippen LogP contribution in [-0.2, 0) is 11.3 Å². The molecule has 0 fully saturated rings. The highest BCUT2D eigenvalue weighted by Gasteiger charge is 2.17. The van der Waals surface area contributed by atoms with Crippen LogP contribution in [0.3, 0.4) is 0 Å². The van der Waals surface area contributed by atoms with Crippen molar-refractivity contribution in [1.29, 1.82) is 0 Å². The number of hydrogen-bond donors (Lipinski definition) is 1. The van der Waals surface area contributed by atoms with E-state index in [9.17, 15) is 4.79 Å². The van der Waals surface area contributed by atoms with E-state index >= 15 is 0 Å². The minimum absolute atomic E-state index is 0.128. The Kier molecular flexibility index (Phi) is 5.54. The summed E-state index contributed by atoms with van der Waals surface area (Å²) in [6.07, 6.45) is 0. The number of nitrogens with zero attached hydrogens (tertiary/aromatic N) is 3. The van der Waals surface area contributed by atoms with Gasteiger partial charge in [-0.1, -0.05) is 13.0 Å². The second-order valence-electron chi connectivity index (χ2n) is 6.19. The standard InChI is InChI=1S/C19H20N4O4S/c1-2-23(12-18-21-22-19(27-18)16-4-3-9-28-16)11-17(24)20-13-5-6-14-15(10-13)26-8-7-25-14/h3-6,9-10H,2,7-8,11-12H2,1H3,(H,20,24). The highest BCUT2D eigenvalue weighted by atomic mass is 32.1. The van der Waals surface area contributed by atoms with Gasteiger partial charge >= 0.3 is 0 Å². The molecule has 0 atom stereocenters. The van der Waals surface area contributed by atoms with Crippen LogP contribution in [0.1, 0.15) is 12.8 Å². The van der Waals surface area contributed by atoms with Gasteiger partial charge < -0.3 is 19.2 Å². The lowest BCUT2D eigenvalue weighted by molar-refractivity contribution is -0.117. The maximum atomic E-state index is 12.4. The predicted octanol–water partition coefficient (Wildman–Crippen LogP) is 3.03. The molecular weight excluding hydrogens is 380 g/mol. The van der Waals surface area contributed by atoms with Crippen molar-refractivity contribution >= 4 is 22.9 Å². The number of carbonyl (C=O) groups is 1. The number of ether oxygens (including phenoxy) is 2. The summed E-state index contributed by atoms with van der Waals surface area (Å²) in [5.74, 6) is 2.19. The van der Waals surface area contributed by atoms with Crippen molar-refractivity contribution in [2.24, 2.45) is 0 Å². The van der Waals surface area contributed by atoms with E-state index in [1.807, 2.05) is 29.3 Å². The zero-order chi connectivity index (χ0) is 19.3. The molecule has 1 aliphatic heterocycles. The van der Waals surface area contributed by atoms with Crippen molar-refractivity contribution < 1.29 is 18.7 Å². The molecule has 0 aliphatic carbocycles. The van der Waals surface area contributed by atoms with Gasteiger partial charge in [-0.15, -0.1) is 21.5 Å². The first-order chi connectivity index (χ1) is 13.7. The Morgan fingerprint density at radius 1 is 1.21 bits per heavy atom. The van der Waals surface area contributed by atoms with Crippen LogP contribution in [0.15, 0.2) is 40.1 Å². The number of fused-ring (bicyclic) bond motifs is 1. The Balaban J connectivity index is 1.35. The van der Waals surface area contributed by atoms with Gasteiger partial charge in [0.1, 0.15) is 13.2 Å². The number of thiophene rings is 1. The molecular formula is C19H20N4O4S. The van der Waals surface area contributed by atoms with Crippen LogP contribution >= 0.6 is 11.3 Å². The fraction of sp³-hybridized carbons (Fsp3) is 0.316. The molecule has 146 valence electrons. The number of aromatic nitrogens is 2. The van der Waals surface area contributed by atoms with Crippen LogP contribution in [0.4, 0.5) is 5.69 Å². The Morgan fingerprint density at radius 3 is 2.86 bits per heavy atom. The fourth-order valence-corrected chi connectivity index (χ4v) is 3.46. The molecule has 2 aromatic heterocycles. The van der Waals surface area contributed by atoms with Gasteiger partial charge in [0.2, 0.25) is 11.8 Å². The average Bonchev–Trinajstić information content (AvgIpc) is 3.39. The molecule has 1 amide bonds. The first-order valence-electron chi connectivity index (χ1n) is 8.99. The smallest absolute Gasteiger partial charge is 0.257 e. The number of anilines is 1. The normalized spacial score (nSPS) is 12.9. The van der Waals surface area contributed by atoms with Gasteiger partial charge in [-0.2, -0.15) is 0 Å². The van der Waals surface area contributed by atoms with Crippen molar-refractivity contribution in [2.75, 3.05) is 31.6 Å². The lowest BCUT2D eigenvalue weighted by Gasteiger charge is -2.20. The van der Waals surface area contributed by atoms with E-state index < -0.39 is 0 Å². The van der Waals surface area contributed by atoms with Crippen LogP contribution in [0.2, 0.25) is 0 Å². The van der Waals surface area contributed by atoms with Gasteiger partial charge in [0.15, 0.2) is 11.5 Å². The molecule has 0 saturated carbocycles. The predicted molar refractivity (Wildman–Crippen MR) is 105 cm³/mol. The minimum Gasteiger partial charge on any atom is -0.486 e. The first-order valence-corrected chi connectivity index (χ1v) is 9.87. The number of likely N-dealkylation sites (N-methyl/N-ethyl adjacent to an activating group) is 1. The van der Waals surface area contributed by atoms with E-state index in [1.165, 1.54) is 0 Å². The molecule has 3 heterocycles. The van der Waals surface area contributed by atoms with Gasteiger partial charge in [0.25, 0.3) is 5.89 Å². The second kappa shape index (κ2) is 8.41. The van der Waals surface area contributed by atoms with Gasteiger partial charge in [-0.3, -0.25) is 9.69 Å². The number of amides is 1. The third kappa shape index (κ3) is 4.32. The van der Waals surface area contributed by atoms with Crippen molar-refractivity contribution in [3.8, 4) is 22.3 Å². The maximum absolute atomic E-state index is 12.4. The molecule has 0 unspecified atom stereocenters. The maximum Gasteiger partial charge on any atom is 0.257 e. The molecule has 1 aromatic carbocycles. The SMILES string of the molecule is CCN(CC(=O)Nc1ccc2c(c1)OCCO2)Cc1nnc(-c2cccs2)o1. The van der Waals surface area contributed by atoms with Crippen LogP contribution in [0.25, 0.3) is 10.8 Å². The third-order valence-corrected chi connectivity index (χ3v) is 5.06. The van der Waals surface area contributed by atoms with Gasteiger partial charge in [-0.25, -0.2) is 0 Å². The fourth-order valence-electron chi connectivity index (χ4n) is 2.81. The van der Waals surface area contributed by atoms with Crippen LogP contribution in [-0.4, -0.2) is 47.3 Å². The molecule has 0 spiro atoms. The number of benzene rings is 1. The average molecular weight is 400 g/mol. The van der Waals surface area contributed by atoms with Crippen molar-refractivity contribution in [3.05, 3.63) is 41.6 Å². The number of carbonyl (C=O) groups excluding carboxylic acids is 1. The molecule has 8 nitrogen and oxygen atoms in total. The zero-order valence-electron chi connectivity index (χ0n) is 15.4. The molecule has 4 rings (SSSR count). The molecule has 0 radical (unpaired) electrons. The number of rotatable bonds is 7. The molecule has 28 heavy (non-hydrogen) atoms. The summed E-state index contributed by atoms with van der Waals surface area (Å²) in [6.45, 7) is 4.31. The highest BCUT2D eigenvalue weighted by Crippen LogP contribution is 2.32. The van der Waals surface area contributed by atoms with Crippen LogP contribution in [0.5, 0.6) is 11.5 Å². The third-order valence-electron chi connectivity index (χ3n) is 4.20. The van der Waals surface area contributed by atoms with E-state index in [-0.39, 0.29) is 12.5 Å². The Hall–Kier alpha value is -2.91. The van der Waals surface area contributed by atoms with Crippen molar-refractivity contribution in [1.82, 2.24) is 15.1 Å². The van der Waals surface area contributed by atoms with E-state index in [4.69, 9.17) is 13.9 Å². The summed E-state index contributed by atoms with van der Waals surface area (Å²) in [5, 5.41) is 13.0. The summed E-state index contributed by atoms with van der Waals surface area (Å²) in [4.78, 5) is 15.3. The quantitative estimate of drug-likeness (QED) is 0.652.